The number of carbonyl (C=O) groups is 1. The quantitative estimate of drug-likeness (QED) is 0.490. The van der Waals surface area contributed by atoms with Crippen molar-refractivity contribution in [1.82, 2.24) is 4.90 Å². The summed E-state index contributed by atoms with van der Waals surface area (Å²) in [6, 6.07) is 0. The van der Waals surface area contributed by atoms with Crippen molar-refractivity contribution >= 4 is 5.97 Å². The van der Waals surface area contributed by atoms with E-state index in [4.69, 9.17) is 15.3 Å². The minimum absolute atomic E-state index is 0.315. The second-order valence-electron chi connectivity index (χ2n) is 2.61. The number of nitrogens with zero attached hydrogens (tertiary/aromatic N) is 1. The zero-order valence-corrected chi connectivity index (χ0v) is 7.85. The molecule has 0 spiro atoms. The largest absolute Gasteiger partial charge is 0.479 e. The van der Waals surface area contributed by atoms with Gasteiger partial charge in [0.15, 0.2) is 0 Å². The minimum Gasteiger partial charge on any atom is -0.479 e. The molecule has 74 valence electrons. The van der Waals surface area contributed by atoms with Crippen molar-refractivity contribution < 1.29 is 20.1 Å². The van der Waals surface area contributed by atoms with Crippen LogP contribution in [-0.4, -0.2) is 52.6 Å². The first-order chi connectivity index (χ1) is 5.29. The predicted octanol–water partition coefficient (Wildman–Crippen LogP) is -0.662. The van der Waals surface area contributed by atoms with E-state index in [-0.39, 0.29) is 6.23 Å². The van der Waals surface area contributed by atoms with E-state index in [1.165, 1.54) is 6.92 Å². The summed E-state index contributed by atoms with van der Waals surface area (Å²) >= 11 is 0. The minimum atomic E-state index is -1.23. The van der Waals surface area contributed by atoms with Gasteiger partial charge in [0, 0.05) is 0 Å². The number of hydrogen-bond donors (Lipinski definition) is 3. The van der Waals surface area contributed by atoms with Crippen molar-refractivity contribution in [2.24, 2.45) is 0 Å². The van der Waals surface area contributed by atoms with E-state index >= 15 is 0 Å². The Morgan fingerprint density at radius 1 is 1.25 bits per heavy atom. The van der Waals surface area contributed by atoms with Gasteiger partial charge in [0.1, 0.15) is 12.3 Å². The van der Waals surface area contributed by atoms with Crippen molar-refractivity contribution in [1.29, 1.82) is 0 Å². The molecule has 5 nitrogen and oxygen atoms in total. The van der Waals surface area contributed by atoms with Crippen molar-refractivity contribution in [2.45, 2.75) is 26.2 Å². The van der Waals surface area contributed by atoms with E-state index in [1.54, 1.807) is 11.8 Å². The third-order valence-electron chi connectivity index (χ3n) is 1.10. The van der Waals surface area contributed by atoms with Crippen LogP contribution in [0.2, 0.25) is 0 Å². The Hall–Kier alpha value is -0.650. The number of carboxylic acid groups (broad SMARTS) is 1. The first-order valence-corrected chi connectivity index (χ1v) is 3.54. The highest BCUT2D eigenvalue weighted by Crippen LogP contribution is 1.79. The van der Waals surface area contributed by atoms with Crippen molar-refractivity contribution in [3.63, 3.8) is 0 Å². The van der Waals surface area contributed by atoms with Gasteiger partial charge in [0.25, 0.3) is 0 Å². The highest BCUT2D eigenvalue weighted by Gasteiger charge is 2.01. The summed E-state index contributed by atoms with van der Waals surface area (Å²) in [5.41, 5.74) is 0. The van der Waals surface area contributed by atoms with E-state index in [0.29, 0.717) is 0 Å². The average Bonchev–Trinajstić information content (AvgIpc) is 1.88. The number of aliphatic hydroxyl groups excluding tert-OH is 2. The summed E-state index contributed by atoms with van der Waals surface area (Å²) in [7, 11) is 3.65. The second-order valence-corrected chi connectivity index (χ2v) is 2.61. The van der Waals surface area contributed by atoms with E-state index in [1.807, 2.05) is 14.1 Å². The van der Waals surface area contributed by atoms with Gasteiger partial charge >= 0.3 is 5.97 Å². The molecule has 0 aromatic rings. The Morgan fingerprint density at radius 2 is 1.42 bits per heavy atom. The summed E-state index contributed by atoms with van der Waals surface area (Å²) < 4.78 is 0. The highest BCUT2D eigenvalue weighted by molar-refractivity contribution is 5.71. The Labute approximate surface area is 72.2 Å². The van der Waals surface area contributed by atoms with Gasteiger partial charge in [-0.3, -0.25) is 4.90 Å². The number of aliphatic hydroxyl groups is 2. The van der Waals surface area contributed by atoms with E-state index in [2.05, 4.69) is 0 Å². The lowest BCUT2D eigenvalue weighted by atomic mass is 10.4. The zero-order valence-electron chi connectivity index (χ0n) is 7.85. The summed E-state index contributed by atoms with van der Waals surface area (Å²) in [4.78, 5) is 11.2. The maximum Gasteiger partial charge on any atom is 0.332 e. The van der Waals surface area contributed by atoms with Gasteiger partial charge in [-0.2, -0.15) is 0 Å². The van der Waals surface area contributed by atoms with Gasteiger partial charge in [0.05, 0.1) is 0 Å². The molecule has 0 aliphatic carbocycles. The molecular formula is C7H17NO4. The monoisotopic (exact) mass is 179 g/mol. The summed E-state index contributed by atoms with van der Waals surface area (Å²) in [5, 5.41) is 24.3. The first-order valence-electron chi connectivity index (χ1n) is 3.54. The SMILES string of the molecule is CC(O)C(=O)O.CC(O)N(C)C. The molecule has 0 saturated heterocycles. The lowest BCUT2D eigenvalue weighted by Gasteiger charge is -2.11. The van der Waals surface area contributed by atoms with Crippen LogP contribution in [0.3, 0.4) is 0 Å². The molecule has 0 saturated carbocycles. The molecule has 0 amide bonds. The van der Waals surface area contributed by atoms with Crippen LogP contribution >= 0.6 is 0 Å². The molecule has 0 aromatic carbocycles. The third kappa shape index (κ3) is 12.1. The normalized spacial score (nSPS) is 14.6. The molecule has 2 atom stereocenters. The fourth-order valence-electron chi connectivity index (χ4n) is 0. The summed E-state index contributed by atoms with van der Waals surface area (Å²) in [6.45, 7) is 2.92. The fraction of sp³-hybridized carbons (Fsp3) is 0.857. The summed E-state index contributed by atoms with van der Waals surface area (Å²) in [6.07, 6.45) is -1.55. The number of rotatable bonds is 2. The van der Waals surface area contributed by atoms with Crippen molar-refractivity contribution in [3.05, 3.63) is 0 Å². The smallest absolute Gasteiger partial charge is 0.332 e. The average molecular weight is 179 g/mol. The zero-order chi connectivity index (χ0) is 10.3. The molecule has 2 unspecified atom stereocenters. The molecule has 0 aliphatic rings. The molecule has 0 aromatic heterocycles. The Bertz CT molecular complexity index is 117. The molecule has 0 heterocycles. The molecule has 0 rings (SSSR count). The van der Waals surface area contributed by atoms with Crippen molar-refractivity contribution in [2.75, 3.05) is 14.1 Å². The Balaban J connectivity index is 0. The van der Waals surface area contributed by atoms with Crippen LogP contribution in [0.25, 0.3) is 0 Å². The van der Waals surface area contributed by atoms with Gasteiger partial charge in [-0.1, -0.05) is 0 Å². The van der Waals surface area contributed by atoms with E-state index < -0.39 is 12.1 Å². The van der Waals surface area contributed by atoms with E-state index in [0.717, 1.165) is 0 Å². The molecule has 0 bridgehead atoms. The first kappa shape index (κ1) is 13.9. The van der Waals surface area contributed by atoms with Gasteiger partial charge in [-0.15, -0.1) is 0 Å². The number of hydrogen-bond acceptors (Lipinski definition) is 4. The Morgan fingerprint density at radius 3 is 1.42 bits per heavy atom. The van der Waals surface area contributed by atoms with Crippen LogP contribution in [0.4, 0.5) is 0 Å². The standard InChI is InChI=1S/C4H11NO.C3H6O3/c1-4(6)5(2)3;1-2(4)3(5)6/h4,6H,1-3H3;2,4H,1H3,(H,5,6). The van der Waals surface area contributed by atoms with E-state index in [9.17, 15) is 4.79 Å². The third-order valence-corrected chi connectivity index (χ3v) is 1.10. The van der Waals surface area contributed by atoms with Gasteiger partial charge in [-0.25, -0.2) is 4.79 Å². The predicted molar refractivity (Wildman–Crippen MR) is 44.7 cm³/mol. The van der Waals surface area contributed by atoms with Crippen molar-refractivity contribution in [3.8, 4) is 0 Å². The van der Waals surface area contributed by atoms with Gasteiger partial charge in [0.2, 0.25) is 0 Å². The Kier molecular flexibility index (Phi) is 8.14. The second kappa shape index (κ2) is 7.02. The highest BCUT2D eigenvalue weighted by atomic mass is 16.4. The van der Waals surface area contributed by atoms with Gasteiger partial charge < -0.3 is 15.3 Å². The molecule has 0 aliphatic heterocycles. The van der Waals surface area contributed by atoms with Crippen LogP contribution in [-0.2, 0) is 4.79 Å². The summed E-state index contributed by atoms with van der Waals surface area (Å²) in [5.74, 6) is -1.19. The number of carboxylic acids is 1. The fourth-order valence-corrected chi connectivity index (χ4v) is 0. The lowest BCUT2D eigenvalue weighted by molar-refractivity contribution is -0.145. The molecular weight excluding hydrogens is 162 g/mol. The number of aliphatic carboxylic acids is 1. The molecule has 12 heavy (non-hydrogen) atoms. The topological polar surface area (TPSA) is 81.0 Å². The van der Waals surface area contributed by atoms with Crippen LogP contribution in [0, 0.1) is 0 Å². The van der Waals surface area contributed by atoms with Gasteiger partial charge in [-0.05, 0) is 27.9 Å². The molecule has 3 N–H and O–H groups in total. The van der Waals surface area contributed by atoms with Crippen LogP contribution in [0.1, 0.15) is 13.8 Å². The molecule has 0 radical (unpaired) electrons. The lowest BCUT2D eigenvalue weighted by Crippen LogP contribution is -2.23. The molecule has 5 heteroatoms. The maximum absolute atomic E-state index is 9.45. The van der Waals surface area contributed by atoms with Crippen LogP contribution in [0.5, 0.6) is 0 Å². The van der Waals surface area contributed by atoms with Crippen LogP contribution < -0.4 is 0 Å². The van der Waals surface area contributed by atoms with Crippen LogP contribution in [0.15, 0.2) is 0 Å². The molecule has 0 fully saturated rings. The maximum atomic E-state index is 9.45.